The summed E-state index contributed by atoms with van der Waals surface area (Å²) in [6, 6.07) is 6.42. The molecule has 0 amide bonds. The van der Waals surface area contributed by atoms with E-state index >= 15 is 0 Å². The Labute approximate surface area is 119 Å². The lowest BCUT2D eigenvalue weighted by Crippen LogP contribution is -2.53. The molecule has 0 radical (unpaired) electrons. The molecule has 1 aliphatic heterocycles. The van der Waals surface area contributed by atoms with Gasteiger partial charge < -0.3 is 10.1 Å². The Balaban J connectivity index is 1.98. The summed E-state index contributed by atoms with van der Waals surface area (Å²) in [6.45, 7) is 8.17. The number of rotatable bonds is 4. The van der Waals surface area contributed by atoms with Crippen LogP contribution in [-0.4, -0.2) is 43.3 Å². The quantitative estimate of drug-likeness (QED) is 0.916. The number of ether oxygens (including phenoxy) is 1. The van der Waals surface area contributed by atoms with Crippen molar-refractivity contribution in [2.45, 2.75) is 19.4 Å². The summed E-state index contributed by atoms with van der Waals surface area (Å²) < 4.78 is 19.2. The van der Waals surface area contributed by atoms with Gasteiger partial charge in [-0.15, -0.1) is 0 Å². The Morgan fingerprint density at radius 1 is 1.40 bits per heavy atom. The number of halogens is 1. The normalized spacial score (nSPS) is 16.7. The summed E-state index contributed by atoms with van der Waals surface area (Å²) in [5.74, 6) is -0.387. The van der Waals surface area contributed by atoms with Gasteiger partial charge in [-0.2, -0.15) is 5.26 Å². The van der Waals surface area contributed by atoms with Crippen LogP contribution >= 0.6 is 0 Å². The van der Waals surface area contributed by atoms with Crippen molar-refractivity contribution in [3.63, 3.8) is 0 Å². The van der Waals surface area contributed by atoms with Crippen molar-refractivity contribution in [1.29, 1.82) is 5.26 Å². The highest BCUT2D eigenvalue weighted by Crippen LogP contribution is 2.20. The Morgan fingerprint density at radius 2 is 2.10 bits per heavy atom. The molecule has 2 rings (SSSR count). The Bertz CT molecular complexity index is 504. The first-order valence-electron chi connectivity index (χ1n) is 6.79. The molecule has 1 aromatic carbocycles. The molecule has 0 unspecified atom stereocenters. The van der Waals surface area contributed by atoms with Crippen LogP contribution in [0.3, 0.4) is 0 Å². The first kappa shape index (κ1) is 14.8. The second kappa shape index (κ2) is 6.21. The van der Waals surface area contributed by atoms with E-state index in [2.05, 4.69) is 24.1 Å². The molecule has 5 heteroatoms. The molecule has 0 spiro atoms. The van der Waals surface area contributed by atoms with Crippen molar-refractivity contribution >= 4 is 5.69 Å². The summed E-state index contributed by atoms with van der Waals surface area (Å²) >= 11 is 0. The maximum Gasteiger partial charge on any atom is 0.147 e. The SMILES string of the molecule is CC(C)(CNc1ccc(C#N)cc1F)N1CCOCC1. The highest BCUT2D eigenvalue weighted by molar-refractivity contribution is 5.49. The van der Waals surface area contributed by atoms with Gasteiger partial charge in [0.25, 0.3) is 0 Å². The average molecular weight is 277 g/mol. The van der Waals surface area contributed by atoms with E-state index in [1.54, 1.807) is 12.1 Å². The lowest BCUT2D eigenvalue weighted by molar-refractivity contribution is -0.00570. The number of nitriles is 1. The first-order valence-corrected chi connectivity index (χ1v) is 6.79. The fourth-order valence-electron chi connectivity index (χ4n) is 2.32. The lowest BCUT2D eigenvalue weighted by Gasteiger charge is -2.41. The van der Waals surface area contributed by atoms with Crippen LogP contribution in [0, 0.1) is 17.1 Å². The lowest BCUT2D eigenvalue weighted by atomic mass is 10.0. The molecule has 1 saturated heterocycles. The van der Waals surface area contributed by atoms with Gasteiger partial charge in [0.15, 0.2) is 0 Å². The van der Waals surface area contributed by atoms with Gasteiger partial charge in [-0.05, 0) is 32.0 Å². The number of anilines is 1. The van der Waals surface area contributed by atoms with Crippen LogP contribution < -0.4 is 5.32 Å². The Morgan fingerprint density at radius 3 is 2.70 bits per heavy atom. The summed E-state index contributed by atoms with van der Waals surface area (Å²) in [5.41, 5.74) is 0.690. The fourth-order valence-corrected chi connectivity index (χ4v) is 2.32. The molecule has 20 heavy (non-hydrogen) atoms. The molecule has 1 heterocycles. The summed E-state index contributed by atoms with van der Waals surface area (Å²) in [4.78, 5) is 2.34. The van der Waals surface area contributed by atoms with Gasteiger partial charge in [0.1, 0.15) is 5.82 Å². The van der Waals surface area contributed by atoms with Crippen molar-refractivity contribution in [2.75, 3.05) is 38.2 Å². The minimum atomic E-state index is -0.387. The van der Waals surface area contributed by atoms with Crippen molar-refractivity contribution in [3.05, 3.63) is 29.6 Å². The number of morpholine rings is 1. The first-order chi connectivity index (χ1) is 9.53. The molecule has 0 bridgehead atoms. The Hall–Kier alpha value is -1.64. The monoisotopic (exact) mass is 277 g/mol. The molecular formula is C15H20FN3O. The molecule has 0 saturated carbocycles. The summed E-state index contributed by atoms with van der Waals surface area (Å²) in [5, 5.41) is 11.9. The van der Waals surface area contributed by atoms with Crippen LogP contribution in [0.15, 0.2) is 18.2 Å². The predicted octanol–water partition coefficient (Wildman–Crippen LogP) is 2.22. The summed E-state index contributed by atoms with van der Waals surface area (Å²) in [6.07, 6.45) is 0. The van der Waals surface area contributed by atoms with E-state index in [4.69, 9.17) is 10.00 Å². The third-order valence-electron chi connectivity index (χ3n) is 3.68. The minimum Gasteiger partial charge on any atom is -0.381 e. The molecule has 0 atom stereocenters. The van der Waals surface area contributed by atoms with Crippen LogP contribution in [-0.2, 0) is 4.74 Å². The van der Waals surface area contributed by atoms with E-state index in [0.717, 1.165) is 26.3 Å². The Kier molecular flexibility index (Phi) is 4.58. The second-order valence-electron chi connectivity index (χ2n) is 5.57. The zero-order valence-corrected chi connectivity index (χ0v) is 11.9. The number of hydrogen-bond acceptors (Lipinski definition) is 4. The zero-order valence-electron chi connectivity index (χ0n) is 11.9. The predicted molar refractivity (Wildman–Crippen MR) is 76.1 cm³/mol. The van der Waals surface area contributed by atoms with Gasteiger partial charge in [-0.25, -0.2) is 4.39 Å². The standard InChI is InChI=1S/C15H20FN3O/c1-15(2,19-5-7-20-8-6-19)11-18-14-4-3-12(10-17)9-13(14)16/h3-4,9,18H,5-8,11H2,1-2H3. The van der Waals surface area contributed by atoms with Gasteiger partial charge in [-0.3, -0.25) is 4.90 Å². The highest BCUT2D eigenvalue weighted by atomic mass is 19.1. The maximum atomic E-state index is 13.8. The van der Waals surface area contributed by atoms with Crippen LogP contribution in [0.25, 0.3) is 0 Å². The van der Waals surface area contributed by atoms with Gasteiger partial charge in [-0.1, -0.05) is 0 Å². The molecule has 1 aromatic rings. The smallest absolute Gasteiger partial charge is 0.147 e. The summed E-state index contributed by atoms with van der Waals surface area (Å²) in [7, 11) is 0. The van der Waals surface area contributed by atoms with Crippen LogP contribution in [0.4, 0.5) is 10.1 Å². The van der Waals surface area contributed by atoms with Crippen LogP contribution in [0.1, 0.15) is 19.4 Å². The maximum absolute atomic E-state index is 13.8. The number of benzene rings is 1. The highest BCUT2D eigenvalue weighted by Gasteiger charge is 2.28. The van der Waals surface area contributed by atoms with Crippen molar-refractivity contribution in [1.82, 2.24) is 4.90 Å². The number of hydrogen-bond donors (Lipinski definition) is 1. The van der Waals surface area contributed by atoms with Crippen molar-refractivity contribution < 1.29 is 9.13 Å². The van der Waals surface area contributed by atoms with E-state index in [9.17, 15) is 4.39 Å². The largest absolute Gasteiger partial charge is 0.381 e. The van der Waals surface area contributed by atoms with E-state index < -0.39 is 0 Å². The van der Waals surface area contributed by atoms with Gasteiger partial charge in [0, 0.05) is 25.2 Å². The fraction of sp³-hybridized carbons (Fsp3) is 0.533. The van der Waals surface area contributed by atoms with Gasteiger partial charge in [0.2, 0.25) is 0 Å². The van der Waals surface area contributed by atoms with E-state index in [1.165, 1.54) is 6.07 Å². The molecular weight excluding hydrogens is 257 g/mol. The van der Waals surface area contributed by atoms with Gasteiger partial charge in [0.05, 0.1) is 30.5 Å². The molecule has 1 N–H and O–H groups in total. The third-order valence-corrected chi connectivity index (χ3v) is 3.68. The van der Waals surface area contributed by atoms with Crippen LogP contribution in [0.5, 0.6) is 0 Å². The zero-order chi connectivity index (χ0) is 14.6. The molecule has 4 nitrogen and oxygen atoms in total. The van der Waals surface area contributed by atoms with E-state index in [1.807, 2.05) is 6.07 Å². The molecule has 108 valence electrons. The van der Waals surface area contributed by atoms with Gasteiger partial charge >= 0.3 is 0 Å². The number of nitrogens with one attached hydrogen (secondary N) is 1. The van der Waals surface area contributed by atoms with Crippen molar-refractivity contribution in [2.24, 2.45) is 0 Å². The minimum absolute atomic E-state index is 0.0792. The third kappa shape index (κ3) is 3.47. The topological polar surface area (TPSA) is 48.3 Å². The van der Waals surface area contributed by atoms with E-state index in [-0.39, 0.29) is 11.4 Å². The average Bonchev–Trinajstić information content (AvgIpc) is 2.47. The van der Waals surface area contributed by atoms with Crippen molar-refractivity contribution in [3.8, 4) is 6.07 Å². The van der Waals surface area contributed by atoms with Crippen LogP contribution in [0.2, 0.25) is 0 Å². The molecule has 1 aliphatic rings. The molecule has 0 aromatic heterocycles. The molecule has 1 fully saturated rings. The second-order valence-corrected chi connectivity index (χ2v) is 5.57. The number of nitrogens with zero attached hydrogens (tertiary/aromatic N) is 2. The van der Waals surface area contributed by atoms with E-state index in [0.29, 0.717) is 17.8 Å². The molecule has 0 aliphatic carbocycles.